The van der Waals surface area contributed by atoms with Gasteiger partial charge in [0, 0.05) is 32.4 Å². The maximum Gasteiger partial charge on any atom is 0.411 e. The predicted octanol–water partition coefficient (Wildman–Crippen LogP) is 2.60. The molecule has 2 heterocycles. The van der Waals surface area contributed by atoms with Gasteiger partial charge in [0.05, 0.1) is 17.9 Å². The van der Waals surface area contributed by atoms with Crippen molar-refractivity contribution in [2.45, 2.75) is 19.8 Å². The number of para-hydroxylation sites is 1. The zero-order chi connectivity index (χ0) is 25.8. The molecule has 1 amide bonds. The van der Waals surface area contributed by atoms with Crippen molar-refractivity contribution >= 4 is 23.7 Å². The SMILES string of the molecule is COCCN1CCC(CN(C(=O)O)c2ccccc2-c2nc(C)no2)CC1.O=C(O)C=CC(=O)O. The molecule has 1 saturated heterocycles. The second-order valence-corrected chi connectivity index (χ2v) is 7.84. The van der Waals surface area contributed by atoms with Gasteiger partial charge < -0.3 is 29.5 Å². The number of carboxylic acids is 2. The molecule has 0 aliphatic carbocycles. The fourth-order valence-electron chi connectivity index (χ4n) is 3.59. The van der Waals surface area contributed by atoms with Crippen LogP contribution in [0.15, 0.2) is 40.9 Å². The molecule has 190 valence electrons. The molecule has 12 heteroatoms. The van der Waals surface area contributed by atoms with Gasteiger partial charge in [-0.1, -0.05) is 17.3 Å². The molecule has 35 heavy (non-hydrogen) atoms. The highest BCUT2D eigenvalue weighted by molar-refractivity contribution is 5.91. The zero-order valence-electron chi connectivity index (χ0n) is 19.7. The van der Waals surface area contributed by atoms with Crippen molar-refractivity contribution < 1.29 is 39.0 Å². The summed E-state index contributed by atoms with van der Waals surface area (Å²) in [6.45, 7) is 5.77. The van der Waals surface area contributed by atoms with E-state index < -0.39 is 18.0 Å². The Bertz CT molecular complexity index is 998. The molecule has 1 aliphatic heterocycles. The third-order valence-corrected chi connectivity index (χ3v) is 5.31. The van der Waals surface area contributed by atoms with Crippen molar-refractivity contribution in [1.29, 1.82) is 0 Å². The maximum atomic E-state index is 12.0. The van der Waals surface area contributed by atoms with Gasteiger partial charge in [-0.25, -0.2) is 14.4 Å². The fraction of sp³-hybridized carbons (Fsp3) is 0.435. The second kappa shape index (κ2) is 13.8. The minimum Gasteiger partial charge on any atom is -0.478 e. The summed E-state index contributed by atoms with van der Waals surface area (Å²) in [7, 11) is 1.71. The number of carboxylic acid groups (broad SMARTS) is 3. The Morgan fingerprint density at radius 3 is 2.29 bits per heavy atom. The number of hydrogen-bond donors (Lipinski definition) is 3. The Labute approximate surface area is 202 Å². The molecule has 1 aromatic heterocycles. The number of amides is 1. The highest BCUT2D eigenvalue weighted by atomic mass is 16.5. The third kappa shape index (κ3) is 9.18. The number of rotatable bonds is 9. The Hall–Kier alpha value is -3.77. The van der Waals surface area contributed by atoms with Crippen molar-refractivity contribution in [1.82, 2.24) is 15.0 Å². The van der Waals surface area contributed by atoms with E-state index in [9.17, 15) is 19.5 Å². The molecule has 0 unspecified atom stereocenters. The summed E-state index contributed by atoms with van der Waals surface area (Å²) in [4.78, 5) is 39.1. The topological polar surface area (TPSA) is 167 Å². The lowest BCUT2D eigenvalue weighted by Gasteiger charge is -2.34. The molecule has 1 fully saturated rings. The molecule has 0 atom stereocenters. The summed E-state index contributed by atoms with van der Waals surface area (Å²) in [6.07, 6.45) is 2.08. The average molecular weight is 491 g/mol. The summed E-state index contributed by atoms with van der Waals surface area (Å²) in [5.74, 6) is -1.34. The van der Waals surface area contributed by atoms with Crippen LogP contribution >= 0.6 is 0 Å². The number of anilines is 1. The number of aryl methyl sites for hydroxylation is 1. The number of aromatic nitrogens is 2. The van der Waals surface area contributed by atoms with Crippen LogP contribution < -0.4 is 4.90 Å². The molecule has 0 spiro atoms. The quantitative estimate of drug-likeness (QED) is 0.442. The number of benzene rings is 1. The Balaban J connectivity index is 0.000000466. The first kappa shape index (κ1) is 27.5. The lowest BCUT2D eigenvalue weighted by atomic mass is 9.95. The second-order valence-electron chi connectivity index (χ2n) is 7.84. The van der Waals surface area contributed by atoms with Gasteiger partial charge in [-0.15, -0.1) is 0 Å². The van der Waals surface area contributed by atoms with E-state index in [4.69, 9.17) is 19.5 Å². The van der Waals surface area contributed by atoms with Gasteiger partial charge >= 0.3 is 18.0 Å². The van der Waals surface area contributed by atoms with Gasteiger partial charge in [-0.2, -0.15) is 4.98 Å². The first-order valence-corrected chi connectivity index (χ1v) is 11.0. The number of piperidine rings is 1. The van der Waals surface area contributed by atoms with Crippen molar-refractivity contribution in [3.8, 4) is 11.5 Å². The molecular formula is C23H30N4O8. The lowest BCUT2D eigenvalue weighted by Crippen LogP contribution is -2.41. The summed E-state index contributed by atoms with van der Waals surface area (Å²) in [5, 5.41) is 29.3. The number of nitrogens with zero attached hydrogens (tertiary/aromatic N) is 4. The van der Waals surface area contributed by atoms with Crippen LogP contribution in [0.25, 0.3) is 11.5 Å². The Morgan fingerprint density at radius 2 is 1.77 bits per heavy atom. The van der Waals surface area contributed by atoms with E-state index in [-0.39, 0.29) is 0 Å². The number of hydrogen-bond acceptors (Lipinski definition) is 8. The molecule has 0 saturated carbocycles. The van der Waals surface area contributed by atoms with Crippen LogP contribution in [0.2, 0.25) is 0 Å². The standard InChI is InChI=1S/C19H26N4O4.C4H4O4/c1-14-20-18(27-21-14)16-5-3-4-6-17(16)23(19(24)25)13-15-7-9-22(10-8-15)11-12-26-2;5-3(6)1-2-4(7)8/h3-6,15H,7-13H2,1-2H3,(H,24,25);1-2H,(H,5,6)(H,7,8). The van der Waals surface area contributed by atoms with Gasteiger partial charge in [0.2, 0.25) is 0 Å². The number of ether oxygens (including phenoxy) is 1. The molecule has 0 radical (unpaired) electrons. The zero-order valence-corrected chi connectivity index (χ0v) is 19.7. The molecule has 3 N–H and O–H groups in total. The average Bonchev–Trinajstić information content (AvgIpc) is 3.27. The molecule has 1 aliphatic rings. The number of carbonyl (C=O) groups is 3. The van der Waals surface area contributed by atoms with Crippen LogP contribution in [0, 0.1) is 12.8 Å². The predicted molar refractivity (Wildman–Crippen MR) is 125 cm³/mol. The van der Waals surface area contributed by atoms with Crippen LogP contribution in [-0.4, -0.2) is 88.3 Å². The molecule has 1 aromatic carbocycles. The number of likely N-dealkylation sites (tertiary alicyclic amines) is 1. The van der Waals surface area contributed by atoms with E-state index >= 15 is 0 Å². The van der Waals surface area contributed by atoms with Crippen LogP contribution in [-0.2, 0) is 14.3 Å². The molecule has 0 bridgehead atoms. The van der Waals surface area contributed by atoms with Gasteiger partial charge in [0.15, 0.2) is 5.82 Å². The summed E-state index contributed by atoms with van der Waals surface area (Å²) in [6, 6.07) is 7.26. The van der Waals surface area contributed by atoms with Crippen LogP contribution in [0.5, 0.6) is 0 Å². The van der Waals surface area contributed by atoms with Crippen molar-refractivity contribution in [3.63, 3.8) is 0 Å². The van der Waals surface area contributed by atoms with Crippen LogP contribution in [0.4, 0.5) is 10.5 Å². The first-order chi connectivity index (χ1) is 16.7. The molecule has 2 aromatic rings. The minimum absolute atomic E-state index is 0.317. The van der Waals surface area contributed by atoms with Gasteiger partial charge in [-0.05, 0) is 50.9 Å². The van der Waals surface area contributed by atoms with Crippen molar-refractivity contribution in [3.05, 3.63) is 42.2 Å². The minimum atomic E-state index is -1.26. The van der Waals surface area contributed by atoms with E-state index in [0.29, 0.717) is 47.6 Å². The third-order valence-electron chi connectivity index (χ3n) is 5.31. The monoisotopic (exact) mass is 490 g/mol. The van der Waals surface area contributed by atoms with Crippen molar-refractivity contribution in [2.24, 2.45) is 5.92 Å². The summed E-state index contributed by atoms with van der Waals surface area (Å²) < 4.78 is 10.4. The van der Waals surface area contributed by atoms with E-state index in [0.717, 1.165) is 39.1 Å². The lowest BCUT2D eigenvalue weighted by molar-refractivity contribution is -0.134. The highest BCUT2D eigenvalue weighted by Crippen LogP contribution is 2.31. The summed E-state index contributed by atoms with van der Waals surface area (Å²) >= 11 is 0. The first-order valence-electron chi connectivity index (χ1n) is 11.0. The smallest absolute Gasteiger partial charge is 0.411 e. The molecular weight excluding hydrogens is 460 g/mol. The Morgan fingerprint density at radius 1 is 1.14 bits per heavy atom. The number of aliphatic carboxylic acids is 2. The number of methoxy groups -OCH3 is 1. The maximum absolute atomic E-state index is 12.0. The Kier molecular flexibility index (Phi) is 10.8. The largest absolute Gasteiger partial charge is 0.478 e. The van der Waals surface area contributed by atoms with Gasteiger partial charge in [-0.3, -0.25) is 4.90 Å². The van der Waals surface area contributed by atoms with Crippen LogP contribution in [0.1, 0.15) is 18.7 Å². The highest BCUT2D eigenvalue weighted by Gasteiger charge is 2.27. The van der Waals surface area contributed by atoms with E-state index in [1.807, 2.05) is 18.2 Å². The summed E-state index contributed by atoms with van der Waals surface area (Å²) in [5.41, 5.74) is 1.22. The van der Waals surface area contributed by atoms with E-state index in [1.54, 1.807) is 20.1 Å². The fourth-order valence-corrected chi connectivity index (χ4v) is 3.59. The molecule has 3 rings (SSSR count). The van der Waals surface area contributed by atoms with Gasteiger partial charge in [0.25, 0.3) is 5.89 Å². The normalized spacial score (nSPS) is 14.3. The van der Waals surface area contributed by atoms with E-state index in [2.05, 4.69) is 15.0 Å². The molecule has 12 nitrogen and oxygen atoms in total. The van der Waals surface area contributed by atoms with Crippen molar-refractivity contribution in [2.75, 3.05) is 44.8 Å². The van der Waals surface area contributed by atoms with Gasteiger partial charge in [0.1, 0.15) is 0 Å². The van der Waals surface area contributed by atoms with Crippen LogP contribution in [0.3, 0.4) is 0 Å². The van der Waals surface area contributed by atoms with E-state index in [1.165, 1.54) is 4.90 Å².